The summed E-state index contributed by atoms with van der Waals surface area (Å²) in [6.07, 6.45) is 0. The summed E-state index contributed by atoms with van der Waals surface area (Å²) in [5.74, 6) is 1.24. The molecule has 8 heteroatoms. The number of carbonyl (C=O) groups is 1. The maximum Gasteiger partial charge on any atom is 0.320 e. The lowest BCUT2D eigenvalue weighted by molar-refractivity contribution is -0.144. The van der Waals surface area contributed by atoms with E-state index in [9.17, 15) is 4.79 Å². The summed E-state index contributed by atoms with van der Waals surface area (Å²) in [7, 11) is 3.23. The largest absolute Gasteiger partial charge is 0.497 e. The van der Waals surface area contributed by atoms with Crippen molar-refractivity contribution in [2.45, 2.75) is 6.92 Å². The Kier molecular flexibility index (Phi) is 7.27. The summed E-state index contributed by atoms with van der Waals surface area (Å²) >= 11 is 5.52. The molecular formula is C17H25N3O4S. The van der Waals surface area contributed by atoms with Gasteiger partial charge in [-0.05, 0) is 31.3 Å². The molecule has 0 aromatic heterocycles. The summed E-state index contributed by atoms with van der Waals surface area (Å²) in [5, 5.41) is 3.85. The number of anilines is 1. The highest BCUT2D eigenvalue weighted by Gasteiger charge is 2.21. The Morgan fingerprint density at radius 2 is 1.92 bits per heavy atom. The lowest BCUT2D eigenvalue weighted by Gasteiger charge is -2.35. The number of rotatable bonds is 6. The van der Waals surface area contributed by atoms with Gasteiger partial charge in [0.2, 0.25) is 0 Å². The van der Waals surface area contributed by atoms with Crippen LogP contribution in [0.1, 0.15) is 6.92 Å². The molecule has 0 spiro atoms. The summed E-state index contributed by atoms with van der Waals surface area (Å²) < 4.78 is 15.6. The zero-order valence-electron chi connectivity index (χ0n) is 14.9. The second kappa shape index (κ2) is 9.43. The third-order valence-electron chi connectivity index (χ3n) is 3.97. The number of hydrogen-bond donors (Lipinski definition) is 1. The monoisotopic (exact) mass is 367 g/mol. The number of methoxy groups -OCH3 is 2. The number of ether oxygens (including phenoxy) is 3. The molecule has 1 heterocycles. The molecule has 0 radical (unpaired) electrons. The van der Waals surface area contributed by atoms with Crippen LogP contribution in [0.25, 0.3) is 0 Å². The van der Waals surface area contributed by atoms with Crippen LogP contribution < -0.4 is 14.8 Å². The summed E-state index contributed by atoms with van der Waals surface area (Å²) in [5.41, 5.74) is 0.765. The fraction of sp³-hybridized carbons (Fsp3) is 0.529. The number of benzene rings is 1. The highest BCUT2D eigenvalue weighted by Crippen LogP contribution is 2.29. The third kappa shape index (κ3) is 5.47. The third-order valence-corrected chi connectivity index (χ3v) is 4.33. The highest BCUT2D eigenvalue weighted by molar-refractivity contribution is 7.80. The molecule has 1 aliphatic rings. The van der Waals surface area contributed by atoms with E-state index in [0.717, 1.165) is 37.6 Å². The first kappa shape index (κ1) is 19.3. The SMILES string of the molecule is CCOC(=O)CN1CCN(C(=S)Nc2cc(OC)ccc2OC)CC1. The smallest absolute Gasteiger partial charge is 0.320 e. The molecule has 7 nitrogen and oxygen atoms in total. The molecule has 1 fully saturated rings. The van der Waals surface area contributed by atoms with Crippen LogP contribution in [-0.2, 0) is 9.53 Å². The molecular weight excluding hydrogens is 342 g/mol. The van der Waals surface area contributed by atoms with Gasteiger partial charge in [-0.25, -0.2) is 0 Å². The molecule has 2 rings (SSSR count). The van der Waals surface area contributed by atoms with Crippen LogP contribution in [-0.4, -0.2) is 74.4 Å². The molecule has 1 saturated heterocycles. The fourth-order valence-corrected chi connectivity index (χ4v) is 2.90. The Morgan fingerprint density at radius 3 is 2.52 bits per heavy atom. The molecule has 0 atom stereocenters. The van der Waals surface area contributed by atoms with Crippen molar-refractivity contribution < 1.29 is 19.0 Å². The second-order valence-corrected chi connectivity index (χ2v) is 5.95. The van der Waals surface area contributed by atoms with Gasteiger partial charge in [-0.2, -0.15) is 0 Å². The molecule has 1 aromatic carbocycles. The molecule has 0 saturated carbocycles. The standard InChI is InChI=1S/C17H25N3O4S/c1-4-24-16(21)12-19-7-9-20(10-8-19)17(25)18-14-11-13(22-2)5-6-15(14)23-3/h5-6,11H,4,7-10,12H2,1-3H3,(H,18,25). The average molecular weight is 367 g/mol. The van der Waals surface area contributed by atoms with Gasteiger partial charge in [0.15, 0.2) is 5.11 Å². The van der Waals surface area contributed by atoms with E-state index in [1.165, 1.54) is 0 Å². The van der Waals surface area contributed by atoms with Crippen LogP contribution in [0.5, 0.6) is 11.5 Å². The Labute approximate surface area is 153 Å². The van der Waals surface area contributed by atoms with Crippen molar-refractivity contribution in [1.82, 2.24) is 9.80 Å². The van der Waals surface area contributed by atoms with E-state index >= 15 is 0 Å². The van der Waals surface area contributed by atoms with Crippen LogP contribution in [0.4, 0.5) is 5.69 Å². The first-order valence-corrected chi connectivity index (χ1v) is 8.64. The Bertz CT molecular complexity index is 604. The van der Waals surface area contributed by atoms with E-state index in [4.69, 9.17) is 26.4 Å². The molecule has 1 aliphatic heterocycles. The Hall–Kier alpha value is -2.06. The van der Waals surface area contributed by atoms with Gasteiger partial charge in [0.1, 0.15) is 11.5 Å². The van der Waals surface area contributed by atoms with Crippen molar-refractivity contribution in [3.8, 4) is 11.5 Å². The minimum atomic E-state index is -0.183. The normalized spacial score (nSPS) is 14.8. The van der Waals surface area contributed by atoms with Crippen molar-refractivity contribution in [1.29, 1.82) is 0 Å². The first-order chi connectivity index (χ1) is 12.1. The number of hydrogen-bond acceptors (Lipinski definition) is 6. The number of esters is 1. The lowest BCUT2D eigenvalue weighted by atomic mass is 10.2. The van der Waals surface area contributed by atoms with E-state index in [2.05, 4.69) is 15.1 Å². The summed E-state index contributed by atoms with van der Waals surface area (Å²) in [6, 6.07) is 5.52. The molecule has 138 valence electrons. The molecule has 25 heavy (non-hydrogen) atoms. The topological polar surface area (TPSA) is 63.3 Å². The number of thiocarbonyl (C=S) groups is 1. The molecule has 1 aromatic rings. The predicted octanol–water partition coefficient (Wildman–Crippen LogP) is 1.58. The fourth-order valence-electron chi connectivity index (χ4n) is 2.60. The second-order valence-electron chi connectivity index (χ2n) is 5.56. The van der Waals surface area contributed by atoms with Crippen molar-refractivity contribution in [3.63, 3.8) is 0 Å². The van der Waals surface area contributed by atoms with Gasteiger partial charge in [-0.3, -0.25) is 9.69 Å². The van der Waals surface area contributed by atoms with Gasteiger partial charge < -0.3 is 24.4 Å². The molecule has 0 aliphatic carbocycles. The minimum absolute atomic E-state index is 0.183. The average Bonchev–Trinajstić information content (AvgIpc) is 2.62. The number of nitrogens with one attached hydrogen (secondary N) is 1. The van der Waals surface area contributed by atoms with Gasteiger partial charge in [0.05, 0.1) is 33.1 Å². The van der Waals surface area contributed by atoms with E-state index in [1.807, 2.05) is 25.1 Å². The van der Waals surface area contributed by atoms with Gasteiger partial charge >= 0.3 is 5.97 Å². The van der Waals surface area contributed by atoms with E-state index in [-0.39, 0.29) is 5.97 Å². The van der Waals surface area contributed by atoms with Crippen LogP contribution in [0, 0.1) is 0 Å². The van der Waals surface area contributed by atoms with Crippen molar-refractivity contribution in [3.05, 3.63) is 18.2 Å². The minimum Gasteiger partial charge on any atom is -0.497 e. The summed E-state index contributed by atoms with van der Waals surface area (Å²) in [6.45, 7) is 5.56. The molecule has 0 unspecified atom stereocenters. The Morgan fingerprint density at radius 1 is 1.20 bits per heavy atom. The van der Waals surface area contributed by atoms with Crippen LogP contribution in [0.3, 0.4) is 0 Å². The first-order valence-electron chi connectivity index (χ1n) is 8.23. The van der Waals surface area contributed by atoms with Crippen molar-refractivity contribution >= 4 is 29.0 Å². The van der Waals surface area contributed by atoms with Gasteiger partial charge in [-0.1, -0.05) is 0 Å². The van der Waals surface area contributed by atoms with Crippen LogP contribution >= 0.6 is 12.2 Å². The lowest BCUT2D eigenvalue weighted by Crippen LogP contribution is -2.51. The summed E-state index contributed by atoms with van der Waals surface area (Å²) in [4.78, 5) is 15.7. The van der Waals surface area contributed by atoms with Gasteiger partial charge in [0, 0.05) is 32.2 Å². The van der Waals surface area contributed by atoms with E-state index in [1.54, 1.807) is 14.2 Å². The van der Waals surface area contributed by atoms with Gasteiger partial charge in [-0.15, -0.1) is 0 Å². The van der Waals surface area contributed by atoms with Crippen molar-refractivity contribution in [2.24, 2.45) is 0 Å². The maximum absolute atomic E-state index is 11.6. The highest BCUT2D eigenvalue weighted by atomic mass is 32.1. The zero-order valence-corrected chi connectivity index (χ0v) is 15.7. The molecule has 0 amide bonds. The maximum atomic E-state index is 11.6. The van der Waals surface area contributed by atoms with E-state index in [0.29, 0.717) is 24.0 Å². The molecule has 0 bridgehead atoms. The van der Waals surface area contributed by atoms with Crippen LogP contribution in [0.2, 0.25) is 0 Å². The number of piperazine rings is 1. The predicted molar refractivity (Wildman–Crippen MR) is 100 cm³/mol. The quantitative estimate of drug-likeness (QED) is 0.601. The number of carbonyl (C=O) groups excluding carboxylic acids is 1. The van der Waals surface area contributed by atoms with Crippen molar-refractivity contribution in [2.75, 3.05) is 58.9 Å². The molecule has 1 N–H and O–H groups in total. The zero-order chi connectivity index (χ0) is 18.2. The van der Waals surface area contributed by atoms with Gasteiger partial charge in [0.25, 0.3) is 0 Å². The number of nitrogens with zero attached hydrogens (tertiary/aromatic N) is 2. The van der Waals surface area contributed by atoms with E-state index < -0.39 is 0 Å². The van der Waals surface area contributed by atoms with Crippen LogP contribution in [0.15, 0.2) is 18.2 Å². The Balaban J connectivity index is 1.89.